The van der Waals surface area contributed by atoms with Crippen LogP contribution in [0.25, 0.3) is 0 Å². The third-order valence-electron chi connectivity index (χ3n) is 3.60. The first-order valence-corrected chi connectivity index (χ1v) is 7.17. The normalized spacial score (nSPS) is 19.7. The summed E-state index contributed by atoms with van der Waals surface area (Å²) in [5.41, 5.74) is 1.38. The summed E-state index contributed by atoms with van der Waals surface area (Å²) in [6, 6.07) is 9.01. The van der Waals surface area contributed by atoms with Crippen LogP contribution in [0.5, 0.6) is 5.75 Å². The molecular weight excluding hydrogens is 222 g/mol. The Kier molecular flexibility index (Phi) is 4.65. The highest BCUT2D eigenvalue weighted by atomic mass is 16.5. The number of ether oxygens (including phenoxy) is 1. The molecule has 0 fully saturated rings. The lowest BCUT2D eigenvalue weighted by molar-refractivity contribution is 0.280. The van der Waals surface area contributed by atoms with E-state index in [4.69, 9.17) is 4.74 Å². The quantitative estimate of drug-likeness (QED) is 0.829. The van der Waals surface area contributed by atoms with Gasteiger partial charge in [0.05, 0.1) is 6.61 Å². The van der Waals surface area contributed by atoms with Gasteiger partial charge >= 0.3 is 0 Å². The molecule has 0 aliphatic carbocycles. The smallest absolute Gasteiger partial charge is 0.122 e. The van der Waals surface area contributed by atoms with Crippen molar-refractivity contribution in [3.05, 3.63) is 29.8 Å². The van der Waals surface area contributed by atoms with Crippen LogP contribution in [0.4, 0.5) is 0 Å². The molecule has 0 saturated heterocycles. The van der Waals surface area contributed by atoms with Crippen LogP contribution in [-0.4, -0.2) is 19.2 Å². The summed E-state index contributed by atoms with van der Waals surface area (Å²) >= 11 is 0. The van der Waals surface area contributed by atoms with Gasteiger partial charge in [-0.2, -0.15) is 0 Å². The molecule has 1 N–H and O–H groups in total. The second-order valence-corrected chi connectivity index (χ2v) is 5.65. The number of para-hydroxylation sites is 1. The maximum absolute atomic E-state index is 5.81. The topological polar surface area (TPSA) is 21.3 Å². The Bertz CT molecular complexity index is 375. The molecule has 100 valence electrons. The molecule has 1 aromatic carbocycles. The molecule has 1 aromatic rings. The number of hydrogen-bond donors (Lipinski definition) is 1. The van der Waals surface area contributed by atoms with Gasteiger partial charge in [-0.3, -0.25) is 0 Å². The van der Waals surface area contributed by atoms with Gasteiger partial charge in [0.2, 0.25) is 0 Å². The summed E-state index contributed by atoms with van der Waals surface area (Å²) in [5, 5.41) is 3.70. The van der Waals surface area contributed by atoms with Gasteiger partial charge in [-0.05, 0) is 31.4 Å². The van der Waals surface area contributed by atoms with Gasteiger partial charge in [-0.1, -0.05) is 39.0 Å². The number of hydrogen-bond acceptors (Lipinski definition) is 2. The van der Waals surface area contributed by atoms with E-state index in [0.717, 1.165) is 18.9 Å². The van der Waals surface area contributed by atoms with E-state index in [9.17, 15) is 0 Å². The molecular formula is C16H25NO. The predicted octanol–water partition coefficient (Wildman–Crippen LogP) is 3.58. The van der Waals surface area contributed by atoms with Gasteiger partial charge in [-0.25, -0.2) is 0 Å². The van der Waals surface area contributed by atoms with Gasteiger partial charge in [-0.15, -0.1) is 0 Å². The molecule has 2 heteroatoms. The van der Waals surface area contributed by atoms with Crippen molar-refractivity contribution in [2.24, 2.45) is 5.92 Å². The van der Waals surface area contributed by atoms with Crippen molar-refractivity contribution in [3.63, 3.8) is 0 Å². The van der Waals surface area contributed by atoms with Crippen molar-refractivity contribution in [2.45, 2.75) is 45.6 Å². The number of fused-ring (bicyclic) bond motifs is 1. The second kappa shape index (κ2) is 6.24. The van der Waals surface area contributed by atoms with Crippen molar-refractivity contribution in [3.8, 4) is 5.75 Å². The summed E-state index contributed by atoms with van der Waals surface area (Å²) in [6.45, 7) is 8.73. The maximum Gasteiger partial charge on any atom is 0.122 e. The van der Waals surface area contributed by atoms with Gasteiger partial charge in [0.25, 0.3) is 0 Å². The molecule has 0 bridgehead atoms. The highest BCUT2D eigenvalue weighted by Crippen LogP contribution is 2.37. The molecule has 0 aromatic heterocycles. The number of benzene rings is 1. The SMILES string of the molecule is CCCNC(CC(C)C)C1COc2ccccc21. The standard InChI is InChI=1S/C16H25NO/c1-4-9-17-15(10-12(2)3)14-11-18-16-8-6-5-7-13(14)16/h5-8,12,14-15,17H,4,9-11H2,1-3H3. The van der Waals surface area contributed by atoms with Gasteiger partial charge in [0.1, 0.15) is 5.75 Å². The van der Waals surface area contributed by atoms with Crippen LogP contribution in [0.2, 0.25) is 0 Å². The number of rotatable bonds is 6. The monoisotopic (exact) mass is 247 g/mol. The molecule has 18 heavy (non-hydrogen) atoms. The zero-order chi connectivity index (χ0) is 13.0. The first-order chi connectivity index (χ1) is 8.72. The fraction of sp³-hybridized carbons (Fsp3) is 0.625. The Morgan fingerprint density at radius 1 is 1.33 bits per heavy atom. The average Bonchev–Trinajstić information content (AvgIpc) is 2.78. The largest absolute Gasteiger partial charge is 0.493 e. The summed E-state index contributed by atoms with van der Waals surface area (Å²) < 4.78 is 5.81. The van der Waals surface area contributed by atoms with E-state index in [1.54, 1.807) is 0 Å². The number of nitrogens with one attached hydrogen (secondary N) is 1. The molecule has 2 unspecified atom stereocenters. The minimum Gasteiger partial charge on any atom is -0.493 e. The van der Waals surface area contributed by atoms with Crippen LogP contribution >= 0.6 is 0 Å². The Balaban J connectivity index is 2.11. The minimum absolute atomic E-state index is 0.509. The van der Waals surface area contributed by atoms with Crippen LogP contribution < -0.4 is 10.1 Å². The molecule has 0 saturated carbocycles. The van der Waals surface area contributed by atoms with E-state index in [-0.39, 0.29) is 0 Å². The predicted molar refractivity (Wildman–Crippen MR) is 76.2 cm³/mol. The highest BCUT2D eigenvalue weighted by Gasteiger charge is 2.30. The average molecular weight is 247 g/mol. The van der Waals surface area contributed by atoms with Crippen molar-refractivity contribution in [2.75, 3.05) is 13.2 Å². The van der Waals surface area contributed by atoms with Crippen LogP contribution in [0.3, 0.4) is 0 Å². The first-order valence-electron chi connectivity index (χ1n) is 7.17. The Labute approximate surface area is 111 Å². The van der Waals surface area contributed by atoms with Gasteiger partial charge in [0, 0.05) is 17.5 Å². The summed E-state index contributed by atoms with van der Waals surface area (Å²) in [7, 11) is 0. The minimum atomic E-state index is 0.509. The molecule has 1 aliphatic heterocycles. The van der Waals surface area contributed by atoms with E-state index in [1.165, 1.54) is 18.4 Å². The third kappa shape index (κ3) is 3.05. The van der Waals surface area contributed by atoms with Crippen molar-refractivity contribution < 1.29 is 4.74 Å². The molecule has 0 amide bonds. The van der Waals surface area contributed by atoms with E-state index < -0.39 is 0 Å². The molecule has 0 radical (unpaired) electrons. The van der Waals surface area contributed by atoms with Crippen LogP contribution in [-0.2, 0) is 0 Å². The first kappa shape index (κ1) is 13.4. The van der Waals surface area contributed by atoms with Crippen LogP contribution in [0, 0.1) is 5.92 Å². The molecule has 2 atom stereocenters. The van der Waals surface area contributed by atoms with E-state index >= 15 is 0 Å². The lowest BCUT2D eigenvalue weighted by Gasteiger charge is -2.25. The van der Waals surface area contributed by atoms with Crippen LogP contribution in [0.1, 0.15) is 45.1 Å². The van der Waals surface area contributed by atoms with Crippen molar-refractivity contribution >= 4 is 0 Å². The van der Waals surface area contributed by atoms with Crippen molar-refractivity contribution in [1.82, 2.24) is 5.32 Å². The fourth-order valence-electron chi connectivity index (χ4n) is 2.75. The highest BCUT2D eigenvalue weighted by molar-refractivity contribution is 5.40. The van der Waals surface area contributed by atoms with E-state index in [0.29, 0.717) is 17.9 Å². The maximum atomic E-state index is 5.81. The van der Waals surface area contributed by atoms with E-state index in [1.807, 2.05) is 0 Å². The lowest BCUT2D eigenvalue weighted by Crippen LogP contribution is -2.37. The van der Waals surface area contributed by atoms with Gasteiger partial charge in [0.15, 0.2) is 0 Å². The zero-order valence-electron chi connectivity index (χ0n) is 11.8. The van der Waals surface area contributed by atoms with Crippen molar-refractivity contribution in [1.29, 1.82) is 0 Å². The molecule has 2 nitrogen and oxygen atoms in total. The third-order valence-corrected chi connectivity index (χ3v) is 3.60. The molecule has 1 heterocycles. The van der Waals surface area contributed by atoms with Gasteiger partial charge < -0.3 is 10.1 Å². The summed E-state index contributed by atoms with van der Waals surface area (Å²) in [5.74, 6) is 2.30. The molecule has 2 rings (SSSR count). The fourth-order valence-corrected chi connectivity index (χ4v) is 2.75. The Morgan fingerprint density at radius 3 is 2.83 bits per heavy atom. The zero-order valence-corrected chi connectivity index (χ0v) is 11.8. The second-order valence-electron chi connectivity index (χ2n) is 5.65. The Hall–Kier alpha value is -1.02. The Morgan fingerprint density at radius 2 is 2.11 bits per heavy atom. The van der Waals surface area contributed by atoms with Crippen LogP contribution in [0.15, 0.2) is 24.3 Å². The lowest BCUT2D eigenvalue weighted by atomic mass is 9.88. The molecule has 0 spiro atoms. The summed E-state index contributed by atoms with van der Waals surface area (Å²) in [4.78, 5) is 0. The molecule has 1 aliphatic rings. The van der Waals surface area contributed by atoms with E-state index in [2.05, 4.69) is 50.4 Å². The summed E-state index contributed by atoms with van der Waals surface area (Å²) in [6.07, 6.45) is 2.40.